The fourth-order valence-electron chi connectivity index (χ4n) is 7.94. The van der Waals surface area contributed by atoms with Gasteiger partial charge in [-0.1, -0.05) is 146 Å². The molecule has 0 spiro atoms. The normalized spacial score (nSPS) is 12.2. The molecule has 290 valence electrons. The van der Waals surface area contributed by atoms with Gasteiger partial charge in [0, 0.05) is 33.0 Å². The van der Waals surface area contributed by atoms with Gasteiger partial charge in [0.05, 0.1) is 22.3 Å². The quantitative estimate of drug-likeness (QED) is 0.175. The van der Waals surface area contributed by atoms with Gasteiger partial charge in [-0.15, -0.1) is 28.8 Å². The number of aromatic nitrogens is 3. The monoisotopic (exact) mass is 919 g/mol. The smallest absolute Gasteiger partial charge is 0.148 e. The van der Waals surface area contributed by atoms with Crippen molar-refractivity contribution in [2.45, 2.75) is 99.3 Å². The van der Waals surface area contributed by atoms with E-state index in [-0.39, 0.29) is 43.1 Å². The Labute approximate surface area is 348 Å². The summed E-state index contributed by atoms with van der Waals surface area (Å²) < 4.78 is 2.25. The van der Waals surface area contributed by atoms with Crippen LogP contribution in [0.5, 0.6) is 5.75 Å². The average molecular weight is 920 g/mol. The average Bonchev–Trinajstić information content (AvgIpc) is 3.49. The van der Waals surface area contributed by atoms with Crippen molar-refractivity contribution in [3.63, 3.8) is 0 Å². The van der Waals surface area contributed by atoms with Crippen LogP contribution in [-0.2, 0) is 37.3 Å². The van der Waals surface area contributed by atoms with Crippen LogP contribution in [0.3, 0.4) is 0 Å². The minimum Gasteiger partial charge on any atom is -0.507 e. The van der Waals surface area contributed by atoms with E-state index in [9.17, 15) is 5.11 Å². The second-order valence-corrected chi connectivity index (χ2v) is 18.3. The van der Waals surface area contributed by atoms with Crippen LogP contribution in [0.25, 0.3) is 61.6 Å². The number of benzene rings is 5. The zero-order chi connectivity index (χ0) is 39.6. The third-order valence-corrected chi connectivity index (χ3v) is 10.7. The Morgan fingerprint density at radius 2 is 1.25 bits per heavy atom. The maximum Gasteiger partial charge on any atom is 0.148 e. The van der Waals surface area contributed by atoms with Gasteiger partial charge < -0.3 is 5.11 Å². The van der Waals surface area contributed by atoms with Crippen LogP contribution in [-0.4, -0.2) is 19.6 Å². The van der Waals surface area contributed by atoms with E-state index in [0.29, 0.717) is 11.4 Å². The Morgan fingerprint density at radius 1 is 0.607 bits per heavy atom. The molecule has 7 aromatic rings. The number of para-hydroxylation sites is 1. The fourth-order valence-corrected chi connectivity index (χ4v) is 7.94. The predicted octanol–water partition coefficient (Wildman–Crippen LogP) is 13.4. The first kappa shape index (κ1) is 40.9. The summed E-state index contributed by atoms with van der Waals surface area (Å²) in [6.45, 7) is 26.9. The van der Waals surface area contributed by atoms with Gasteiger partial charge in [0.2, 0.25) is 0 Å². The van der Waals surface area contributed by atoms with Crippen LogP contribution in [0.1, 0.15) is 95.7 Å². The molecule has 2 aromatic heterocycles. The zero-order valence-electron chi connectivity index (χ0n) is 34.9. The maximum atomic E-state index is 11.6. The predicted molar refractivity (Wildman–Crippen MR) is 231 cm³/mol. The number of pyridine rings is 1. The van der Waals surface area contributed by atoms with Crippen LogP contribution in [0.2, 0.25) is 0 Å². The van der Waals surface area contributed by atoms with Crippen molar-refractivity contribution in [3.05, 3.63) is 143 Å². The summed E-state index contributed by atoms with van der Waals surface area (Å²) in [5, 5.41) is 11.6. The molecular formula is C51H54N3OPt-. The summed E-state index contributed by atoms with van der Waals surface area (Å²) in [5.41, 5.74) is 16.4. The van der Waals surface area contributed by atoms with Crippen LogP contribution in [0.15, 0.2) is 103 Å². The third-order valence-electron chi connectivity index (χ3n) is 10.7. The molecular weight excluding hydrogens is 866 g/mol. The Hall–Kier alpha value is -4.79. The summed E-state index contributed by atoms with van der Waals surface area (Å²) in [4.78, 5) is 10.5. The van der Waals surface area contributed by atoms with E-state index in [2.05, 4.69) is 160 Å². The van der Waals surface area contributed by atoms with E-state index in [1.165, 1.54) is 22.3 Å². The number of fused-ring (bicyclic) bond motifs is 1. The van der Waals surface area contributed by atoms with Crippen LogP contribution >= 0.6 is 0 Å². The summed E-state index contributed by atoms with van der Waals surface area (Å²) in [6, 6.07) is 37.8. The number of imidazole rings is 1. The van der Waals surface area contributed by atoms with Crippen molar-refractivity contribution in [1.82, 2.24) is 14.5 Å². The first-order valence-corrected chi connectivity index (χ1v) is 19.4. The minimum absolute atomic E-state index is 0. The Balaban J connectivity index is 0.00000532. The SMILES string of the molecule is Cc1cc(C)c(-n2c(-c3cc(-c4ccccc4)ccc3O)nc3c(-c4[c-]c(-c5cc(C(C)(C)C)ccn5)c(C(C)(C)C)cc4C(C)(C)C)cccc32)c(C)c1.[Pt]. The first-order chi connectivity index (χ1) is 25.8. The number of phenolic OH excluding ortho intramolecular Hbond substituents is 1. The molecule has 0 radical (unpaired) electrons. The van der Waals surface area contributed by atoms with Gasteiger partial charge in [-0.25, -0.2) is 4.98 Å². The van der Waals surface area contributed by atoms with Gasteiger partial charge in [0.1, 0.15) is 11.6 Å². The number of hydrogen-bond acceptors (Lipinski definition) is 3. The summed E-state index contributed by atoms with van der Waals surface area (Å²) in [6.07, 6.45) is 1.94. The van der Waals surface area contributed by atoms with Gasteiger partial charge in [-0.05, 0) is 89.1 Å². The van der Waals surface area contributed by atoms with Crippen LogP contribution in [0.4, 0.5) is 0 Å². The van der Waals surface area contributed by atoms with Gasteiger partial charge in [-0.2, -0.15) is 0 Å². The topological polar surface area (TPSA) is 50.9 Å². The minimum atomic E-state index is -0.203. The molecule has 0 aliphatic carbocycles. The fraction of sp³-hybridized carbons (Fsp3) is 0.294. The van der Waals surface area contributed by atoms with Crippen molar-refractivity contribution in [1.29, 1.82) is 0 Å². The molecule has 7 rings (SSSR count). The van der Waals surface area contributed by atoms with Gasteiger partial charge in [0.25, 0.3) is 0 Å². The molecule has 4 nitrogen and oxygen atoms in total. The number of hydrogen-bond donors (Lipinski definition) is 1. The van der Waals surface area contributed by atoms with Crippen molar-refractivity contribution in [2.24, 2.45) is 0 Å². The molecule has 56 heavy (non-hydrogen) atoms. The third kappa shape index (κ3) is 7.66. The van der Waals surface area contributed by atoms with E-state index in [4.69, 9.17) is 9.97 Å². The molecule has 0 saturated heterocycles. The first-order valence-electron chi connectivity index (χ1n) is 19.4. The van der Waals surface area contributed by atoms with E-state index in [0.717, 1.165) is 61.4 Å². The van der Waals surface area contributed by atoms with E-state index < -0.39 is 0 Å². The Morgan fingerprint density at radius 3 is 1.88 bits per heavy atom. The molecule has 5 aromatic carbocycles. The largest absolute Gasteiger partial charge is 0.507 e. The number of aromatic hydroxyl groups is 1. The Kier molecular flexibility index (Phi) is 10.9. The zero-order valence-corrected chi connectivity index (χ0v) is 37.2. The van der Waals surface area contributed by atoms with Crippen molar-refractivity contribution in [2.75, 3.05) is 0 Å². The van der Waals surface area contributed by atoms with Crippen molar-refractivity contribution in [3.8, 4) is 56.3 Å². The van der Waals surface area contributed by atoms with E-state index in [1.807, 2.05) is 30.5 Å². The molecule has 5 heteroatoms. The molecule has 1 N–H and O–H groups in total. The molecule has 0 atom stereocenters. The number of nitrogens with zero attached hydrogens (tertiary/aromatic N) is 3. The molecule has 0 bridgehead atoms. The summed E-state index contributed by atoms with van der Waals surface area (Å²) >= 11 is 0. The van der Waals surface area contributed by atoms with Crippen LogP contribution in [0, 0.1) is 26.8 Å². The number of phenols is 1. The summed E-state index contributed by atoms with van der Waals surface area (Å²) in [7, 11) is 0. The summed E-state index contributed by atoms with van der Waals surface area (Å²) in [5.74, 6) is 0.875. The molecule has 0 aliphatic rings. The molecule has 0 unspecified atom stereocenters. The van der Waals surface area contributed by atoms with Crippen molar-refractivity contribution >= 4 is 11.0 Å². The van der Waals surface area contributed by atoms with Gasteiger partial charge in [-0.3, -0.25) is 9.55 Å². The van der Waals surface area contributed by atoms with Gasteiger partial charge >= 0.3 is 0 Å². The molecule has 0 aliphatic heterocycles. The molecule has 0 amide bonds. The molecule has 0 saturated carbocycles. The van der Waals surface area contributed by atoms with Crippen molar-refractivity contribution < 1.29 is 26.2 Å². The Bertz CT molecular complexity index is 2550. The second-order valence-electron chi connectivity index (χ2n) is 18.3. The maximum absolute atomic E-state index is 11.6. The van der Waals surface area contributed by atoms with Gasteiger partial charge in [0.15, 0.2) is 0 Å². The van der Waals surface area contributed by atoms with Crippen LogP contribution < -0.4 is 0 Å². The molecule has 2 heterocycles. The number of aryl methyl sites for hydroxylation is 3. The standard InChI is InChI=1S/C51H54N3O.Pt/c1-31-25-32(2)47(33(3)26-31)54-44-20-16-19-37(46(44)53-48(54)40-27-35(21-22-45(40)55)34-17-14-13-15-18-34)38-29-39(43-28-36(23-24-52-43)49(4,5)6)42(51(10,11)12)30-41(38)50(7,8)9;/h13-28,30,55H,1-12H3;/q-1;. The second kappa shape index (κ2) is 14.9. The van der Waals surface area contributed by atoms with E-state index in [1.54, 1.807) is 6.07 Å². The van der Waals surface area contributed by atoms with E-state index >= 15 is 0 Å². The molecule has 0 fully saturated rings. The number of rotatable bonds is 5.